The molecule has 132 valence electrons. The number of pyridine rings is 1. The number of benzene rings is 2. The van der Waals surface area contributed by atoms with E-state index in [1.165, 1.54) is 0 Å². The molecule has 1 amide bonds. The zero-order chi connectivity index (χ0) is 18.4. The number of hydrogen-bond acceptors (Lipinski definition) is 3. The van der Waals surface area contributed by atoms with Crippen molar-refractivity contribution in [1.82, 2.24) is 9.88 Å². The van der Waals surface area contributed by atoms with Crippen molar-refractivity contribution >= 4 is 5.91 Å². The average Bonchev–Trinajstić information content (AvgIpc) is 2.73. The lowest BCUT2D eigenvalue weighted by Gasteiger charge is -2.34. The number of rotatable bonds is 6. The maximum atomic E-state index is 13.5. The lowest BCUT2D eigenvalue weighted by molar-refractivity contribution is -0.148. The molecule has 0 saturated heterocycles. The molecule has 0 radical (unpaired) electrons. The van der Waals surface area contributed by atoms with Gasteiger partial charge in [0.1, 0.15) is 0 Å². The summed E-state index contributed by atoms with van der Waals surface area (Å²) in [5.74, 6) is -0.339. The lowest BCUT2D eigenvalue weighted by Crippen LogP contribution is -2.47. The Bertz CT molecular complexity index is 796. The number of carbonyl (C=O) groups excluding carboxylic acids is 1. The second-order valence-electron chi connectivity index (χ2n) is 6.12. The second-order valence-corrected chi connectivity index (χ2v) is 6.12. The summed E-state index contributed by atoms with van der Waals surface area (Å²) in [6.07, 6.45) is 3.41. The molecule has 0 atom stereocenters. The summed E-state index contributed by atoms with van der Waals surface area (Å²) in [5, 5.41) is 11.6. The van der Waals surface area contributed by atoms with Gasteiger partial charge in [0.2, 0.25) is 0 Å². The molecule has 1 heterocycles. The van der Waals surface area contributed by atoms with Crippen molar-refractivity contribution in [3.8, 4) is 0 Å². The van der Waals surface area contributed by atoms with E-state index in [9.17, 15) is 9.90 Å². The van der Waals surface area contributed by atoms with E-state index < -0.39 is 5.60 Å². The Balaban J connectivity index is 2.02. The topological polar surface area (TPSA) is 53.4 Å². The fourth-order valence-corrected chi connectivity index (χ4v) is 3.04. The fourth-order valence-electron chi connectivity index (χ4n) is 3.04. The third kappa shape index (κ3) is 3.51. The van der Waals surface area contributed by atoms with Crippen LogP contribution >= 0.6 is 0 Å². The van der Waals surface area contributed by atoms with Gasteiger partial charge in [0.25, 0.3) is 5.91 Å². The third-order valence-electron chi connectivity index (χ3n) is 4.48. The van der Waals surface area contributed by atoms with Crippen molar-refractivity contribution < 1.29 is 9.90 Å². The van der Waals surface area contributed by atoms with E-state index in [1.807, 2.05) is 55.5 Å². The van der Waals surface area contributed by atoms with Crippen LogP contribution in [0.1, 0.15) is 23.6 Å². The van der Waals surface area contributed by atoms with Gasteiger partial charge in [-0.05, 0) is 35.7 Å². The van der Waals surface area contributed by atoms with Crippen LogP contribution in [-0.2, 0) is 16.9 Å². The molecule has 0 aliphatic rings. The summed E-state index contributed by atoms with van der Waals surface area (Å²) >= 11 is 0. The van der Waals surface area contributed by atoms with Crippen LogP contribution < -0.4 is 0 Å². The van der Waals surface area contributed by atoms with Gasteiger partial charge in [0.05, 0.1) is 0 Å². The zero-order valence-electron chi connectivity index (χ0n) is 14.7. The number of amides is 1. The molecule has 3 aromatic rings. The van der Waals surface area contributed by atoms with Gasteiger partial charge in [-0.3, -0.25) is 9.78 Å². The normalized spacial score (nSPS) is 11.2. The Morgan fingerprint density at radius 3 is 1.88 bits per heavy atom. The van der Waals surface area contributed by atoms with Crippen LogP contribution in [0.3, 0.4) is 0 Å². The Labute approximate surface area is 153 Å². The van der Waals surface area contributed by atoms with Crippen molar-refractivity contribution in [2.75, 3.05) is 6.54 Å². The molecule has 0 bridgehead atoms. The Hall–Kier alpha value is -2.98. The summed E-state index contributed by atoms with van der Waals surface area (Å²) in [6, 6.07) is 21.9. The van der Waals surface area contributed by atoms with Crippen LogP contribution in [0.5, 0.6) is 0 Å². The van der Waals surface area contributed by atoms with Crippen LogP contribution in [0.15, 0.2) is 85.2 Å². The highest BCUT2D eigenvalue weighted by Gasteiger charge is 2.42. The molecule has 26 heavy (non-hydrogen) atoms. The summed E-state index contributed by atoms with van der Waals surface area (Å²) in [4.78, 5) is 19.1. The molecule has 4 nitrogen and oxygen atoms in total. The van der Waals surface area contributed by atoms with E-state index in [0.29, 0.717) is 24.2 Å². The van der Waals surface area contributed by atoms with Crippen molar-refractivity contribution in [3.63, 3.8) is 0 Å². The average molecular weight is 346 g/mol. The summed E-state index contributed by atoms with van der Waals surface area (Å²) in [5.41, 5.74) is 0.360. The number of likely N-dealkylation sites (N-methyl/N-ethyl adjacent to an activating group) is 1. The quantitative estimate of drug-likeness (QED) is 0.744. The van der Waals surface area contributed by atoms with E-state index in [2.05, 4.69) is 4.98 Å². The van der Waals surface area contributed by atoms with E-state index in [-0.39, 0.29) is 5.91 Å². The fraction of sp³-hybridized carbons (Fsp3) is 0.182. The summed E-state index contributed by atoms with van der Waals surface area (Å²) in [6.45, 7) is 2.82. The lowest BCUT2D eigenvalue weighted by atomic mass is 9.85. The number of aromatic nitrogens is 1. The van der Waals surface area contributed by atoms with E-state index >= 15 is 0 Å². The van der Waals surface area contributed by atoms with Gasteiger partial charge in [0.15, 0.2) is 5.60 Å². The smallest absolute Gasteiger partial charge is 0.264 e. The molecule has 0 unspecified atom stereocenters. The number of nitrogens with zero attached hydrogens (tertiary/aromatic N) is 2. The Kier molecular flexibility index (Phi) is 5.44. The van der Waals surface area contributed by atoms with Crippen LogP contribution in [0.4, 0.5) is 0 Å². The van der Waals surface area contributed by atoms with Crippen molar-refractivity contribution in [1.29, 1.82) is 0 Å². The molecule has 0 fully saturated rings. The minimum atomic E-state index is -1.73. The Morgan fingerprint density at radius 1 is 0.923 bits per heavy atom. The molecule has 2 aromatic carbocycles. The van der Waals surface area contributed by atoms with Crippen LogP contribution in [-0.4, -0.2) is 27.4 Å². The first-order valence-corrected chi connectivity index (χ1v) is 8.68. The molecule has 0 aliphatic carbocycles. The first-order valence-electron chi connectivity index (χ1n) is 8.68. The predicted molar refractivity (Wildman–Crippen MR) is 101 cm³/mol. The monoisotopic (exact) mass is 346 g/mol. The zero-order valence-corrected chi connectivity index (χ0v) is 14.7. The highest BCUT2D eigenvalue weighted by molar-refractivity contribution is 5.90. The van der Waals surface area contributed by atoms with E-state index in [0.717, 1.165) is 5.56 Å². The van der Waals surface area contributed by atoms with E-state index in [4.69, 9.17) is 0 Å². The largest absolute Gasteiger partial charge is 0.372 e. The number of carbonyl (C=O) groups is 1. The molecule has 1 N–H and O–H groups in total. The molecule has 4 heteroatoms. The van der Waals surface area contributed by atoms with Crippen molar-refractivity contribution in [3.05, 3.63) is 102 Å². The van der Waals surface area contributed by atoms with Crippen LogP contribution in [0, 0.1) is 0 Å². The molecule has 0 aliphatic heterocycles. The van der Waals surface area contributed by atoms with Gasteiger partial charge >= 0.3 is 0 Å². The minimum Gasteiger partial charge on any atom is -0.372 e. The van der Waals surface area contributed by atoms with Gasteiger partial charge in [-0.15, -0.1) is 0 Å². The predicted octanol–water partition coefficient (Wildman–Crippen LogP) is 3.37. The molecule has 1 aromatic heterocycles. The van der Waals surface area contributed by atoms with Gasteiger partial charge in [-0.1, -0.05) is 60.7 Å². The first kappa shape index (κ1) is 17.8. The molecule has 3 rings (SSSR count). The molecular formula is C22H22N2O2. The number of aliphatic hydroxyl groups is 1. The van der Waals surface area contributed by atoms with Gasteiger partial charge in [-0.2, -0.15) is 0 Å². The minimum absolute atomic E-state index is 0.339. The van der Waals surface area contributed by atoms with Gasteiger partial charge < -0.3 is 10.0 Å². The highest BCUT2D eigenvalue weighted by atomic mass is 16.3. The first-order chi connectivity index (χ1) is 12.7. The highest BCUT2D eigenvalue weighted by Crippen LogP contribution is 2.32. The summed E-state index contributed by atoms with van der Waals surface area (Å²) in [7, 11) is 0. The second kappa shape index (κ2) is 7.93. The number of hydrogen-bond donors (Lipinski definition) is 1. The Morgan fingerprint density at radius 2 is 1.42 bits per heavy atom. The van der Waals surface area contributed by atoms with Crippen molar-refractivity contribution in [2.45, 2.75) is 19.1 Å². The van der Waals surface area contributed by atoms with E-state index in [1.54, 1.807) is 41.6 Å². The maximum Gasteiger partial charge on any atom is 0.264 e. The molecular weight excluding hydrogens is 324 g/mol. The molecule has 0 saturated carbocycles. The summed E-state index contributed by atoms with van der Waals surface area (Å²) < 4.78 is 0. The van der Waals surface area contributed by atoms with Crippen LogP contribution in [0.2, 0.25) is 0 Å². The molecule has 0 spiro atoms. The third-order valence-corrected chi connectivity index (χ3v) is 4.48. The van der Waals surface area contributed by atoms with Gasteiger partial charge in [0, 0.05) is 25.5 Å². The standard InChI is InChI=1S/C22H22N2O2/c1-2-24(17-18-13-15-23-16-14-18)21(25)22(26,19-9-5-3-6-10-19)20-11-7-4-8-12-20/h3-16,26H,2,17H2,1H3. The van der Waals surface area contributed by atoms with Crippen LogP contribution in [0.25, 0.3) is 0 Å². The SMILES string of the molecule is CCN(Cc1ccncc1)C(=O)C(O)(c1ccccc1)c1ccccc1. The van der Waals surface area contributed by atoms with Gasteiger partial charge in [-0.25, -0.2) is 0 Å². The maximum absolute atomic E-state index is 13.5. The van der Waals surface area contributed by atoms with Crippen molar-refractivity contribution in [2.24, 2.45) is 0 Å².